The number of hydrogen-bond donors (Lipinski definition) is 2. The van der Waals surface area contributed by atoms with Crippen LogP contribution < -0.4 is 20.2 Å². The molecule has 0 saturated carbocycles. The topological polar surface area (TPSA) is 145 Å². The SMILES string of the molecule is O=C(NN=Cc1ccc(-c2ccccc2[N+](=O)[O-])o1)C(=Cc1ccc2c(c1)OCO2)NC(=O)c1ccccc1. The van der Waals surface area contributed by atoms with Crippen molar-refractivity contribution in [3.05, 3.63) is 118 Å². The highest BCUT2D eigenvalue weighted by molar-refractivity contribution is 6.05. The molecule has 0 bridgehead atoms. The molecule has 0 fully saturated rings. The Bertz CT molecular complexity index is 1610. The summed E-state index contributed by atoms with van der Waals surface area (Å²) in [6.45, 7) is 0.0986. The number of nitrogens with zero attached hydrogens (tertiary/aromatic N) is 2. The van der Waals surface area contributed by atoms with Crippen LogP contribution in [0, 0.1) is 10.1 Å². The standard InChI is InChI=1S/C28H20N4O7/c33-27(19-6-2-1-3-7-19)30-22(14-18-10-12-25-26(15-18)38-17-37-25)28(34)31-29-16-20-11-13-24(39-20)21-8-4-5-9-23(21)32(35)36/h1-16H,17H2,(H,30,33)(H,31,34). The summed E-state index contributed by atoms with van der Waals surface area (Å²) in [7, 11) is 0. The number of nitrogens with one attached hydrogen (secondary N) is 2. The summed E-state index contributed by atoms with van der Waals surface area (Å²) in [5.41, 5.74) is 3.45. The quantitative estimate of drug-likeness (QED) is 0.149. The monoisotopic (exact) mass is 524 g/mol. The van der Waals surface area contributed by atoms with Crippen LogP contribution in [-0.2, 0) is 4.79 Å². The first-order valence-corrected chi connectivity index (χ1v) is 11.6. The van der Waals surface area contributed by atoms with E-state index < -0.39 is 16.7 Å². The van der Waals surface area contributed by atoms with Gasteiger partial charge < -0.3 is 19.2 Å². The van der Waals surface area contributed by atoms with E-state index in [0.29, 0.717) is 28.2 Å². The zero-order chi connectivity index (χ0) is 27.2. The number of hydrogen-bond acceptors (Lipinski definition) is 8. The van der Waals surface area contributed by atoms with Gasteiger partial charge in [0.05, 0.1) is 16.7 Å². The molecule has 0 spiro atoms. The van der Waals surface area contributed by atoms with Crippen LogP contribution in [0.15, 0.2) is 100 Å². The van der Waals surface area contributed by atoms with Crippen LogP contribution in [0.3, 0.4) is 0 Å². The van der Waals surface area contributed by atoms with Crippen LogP contribution >= 0.6 is 0 Å². The number of benzene rings is 3. The van der Waals surface area contributed by atoms with Gasteiger partial charge in [-0.3, -0.25) is 19.7 Å². The maximum absolute atomic E-state index is 13.0. The molecule has 2 N–H and O–H groups in total. The molecule has 0 atom stereocenters. The molecular weight excluding hydrogens is 504 g/mol. The lowest BCUT2D eigenvalue weighted by molar-refractivity contribution is -0.384. The third-order valence-electron chi connectivity index (χ3n) is 5.59. The van der Waals surface area contributed by atoms with E-state index in [1.54, 1.807) is 78.9 Å². The van der Waals surface area contributed by atoms with Gasteiger partial charge in [0.2, 0.25) is 6.79 Å². The predicted octanol–water partition coefficient (Wildman–Crippen LogP) is 4.50. The molecule has 2 amide bonds. The van der Waals surface area contributed by atoms with Gasteiger partial charge in [0.15, 0.2) is 11.5 Å². The van der Waals surface area contributed by atoms with Crippen LogP contribution in [0.1, 0.15) is 21.7 Å². The van der Waals surface area contributed by atoms with Crippen LogP contribution in [0.25, 0.3) is 17.4 Å². The minimum atomic E-state index is -0.696. The Balaban J connectivity index is 1.34. The number of rotatable bonds is 8. The summed E-state index contributed by atoms with van der Waals surface area (Å²) >= 11 is 0. The molecule has 1 aromatic heterocycles. The van der Waals surface area contributed by atoms with Crippen molar-refractivity contribution in [3.63, 3.8) is 0 Å². The van der Waals surface area contributed by atoms with Crippen molar-refractivity contribution >= 4 is 29.8 Å². The molecular formula is C28H20N4O7. The third kappa shape index (κ3) is 5.83. The Labute approximate surface area is 221 Å². The zero-order valence-electron chi connectivity index (χ0n) is 20.2. The van der Waals surface area contributed by atoms with Gasteiger partial charge >= 0.3 is 0 Å². The van der Waals surface area contributed by atoms with Crippen LogP contribution in [-0.4, -0.2) is 29.7 Å². The van der Waals surface area contributed by atoms with Crippen LogP contribution in [0.5, 0.6) is 11.5 Å². The molecule has 39 heavy (non-hydrogen) atoms. The fourth-order valence-corrected chi connectivity index (χ4v) is 3.73. The number of nitro groups is 1. The van der Waals surface area contributed by atoms with E-state index in [4.69, 9.17) is 13.9 Å². The van der Waals surface area contributed by atoms with E-state index in [9.17, 15) is 19.7 Å². The highest BCUT2D eigenvalue weighted by Gasteiger charge is 2.18. The smallest absolute Gasteiger partial charge is 0.287 e. The molecule has 11 heteroatoms. The van der Waals surface area contributed by atoms with E-state index in [1.807, 2.05) is 0 Å². The number of amides is 2. The molecule has 3 aromatic carbocycles. The van der Waals surface area contributed by atoms with Gasteiger partial charge in [-0.25, -0.2) is 5.43 Å². The van der Waals surface area contributed by atoms with Gasteiger partial charge in [-0.1, -0.05) is 36.4 Å². The molecule has 2 heterocycles. The fraction of sp³-hybridized carbons (Fsp3) is 0.0357. The third-order valence-corrected chi connectivity index (χ3v) is 5.59. The first kappa shape index (κ1) is 25.0. The molecule has 0 radical (unpaired) electrons. The van der Waals surface area contributed by atoms with Crippen molar-refractivity contribution in [1.82, 2.24) is 10.7 Å². The molecule has 194 valence electrons. The minimum Gasteiger partial charge on any atom is -0.455 e. The summed E-state index contributed by atoms with van der Waals surface area (Å²) in [5.74, 6) is 0.435. The van der Waals surface area contributed by atoms with E-state index in [-0.39, 0.29) is 29.7 Å². The Morgan fingerprint density at radius 2 is 1.69 bits per heavy atom. The van der Waals surface area contributed by atoms with Gasteiger partial charge in [0.25, 0.3) is 17.5 Å². The van der Waals surface area contributed by atoms with Crippen molar-refractivity contribution in [3.8, 4) is 22.8 Å². The molecule has 4 aromatic rings. The lowest BCUT2D eigenvalue weighted by atomic mass is 10.1. The number of carbonyl (C=O) groups excluding carboxylic acids is 2. The summed E-state index contributed by atoms with van der Waals surface area (Å²) < 4.78 is 16.4. The summed E-state index contributed by atoms with van der Waals surface area (Å²) in [4.78, 5) is 36.6. The van der Waals surface area contributed by atoms with Crippen molar-refractivity contribution < 1.29 is 28.4 Å². The maximum Gasteiger partial charge on any atom is 0.287 e. The summed E-state index contributed by atoms with van der Waals surface area (Å²) in [6, 6.07) is 22.8. The molecule has 11 nitrogen and oxygen atoms in total. The van der Waals surface area contributed by atoms with E-state index in [2.05, 4.69) is 15.8 Å². The predicted molar refractivity (Wildman–Crippen MR) is 141 cm³/mol. The number of carbonyl (C=O) groups is 2. The number of para-hydroxylation sites is 1. The lowest BCUT2D eigenvalue weighted by Crippen LogP contribution is -2.32. The fourth-order valence-electron chi connectivity index (χ4n) is 3.73. The number of fused-ring (bicyclic) bond motifs is 1. The second-order valence-corrected chi connectivity index (χ2v) is 8.17. The zero-order valence-corrected chi connectivity index (χ0v) is 20.2. The van der Waals surface area contributed by atoms with Crippen molar-refractivity contribution in [2.45, 2.75) is 0 Å². The largest absolute Gasteiger partial charge is 0.455 e. The molecule has 0 saturated heterocycles. The molecule has 1 aliphatic heterocycles. The van der Waals surface area contributed by atoms with Crippen LogP contribution in [0.2, 0.25) is 0 Å². The minimum absolute atomic E-state index is 0.0695. The van der Waals surface area contributed by atoms with Crippen molar-refractivity contribution in [2.24, 2.45) is 5.10 Å². The normalized spacial score (nSPS) is 12.4. The molecule has 5 rings (SSSR count). The Hall–Kier alpha value is -5.71. The highest BCUT2D eigenvalue weighted by atomic mass is 16.7. The summed E-state index contributed by atoms with van der Waals surface area (Å²) in [5, 5.41) is 17.8. The Morgan fingerprint density at radius 1 is 0.923 bits per heavy atom. The maximum atomic E-state index is 13.0. The molecule has 0 aliphatic carbocycles. The average Bonchev–Trinajstić information content (AvgIpc) is 3.62. The van der Waals surface area contributed by atoms with Crippen molar-refractivity contribution in [1.29, 1.82) is 0 Å². The lowest BCUT2D eigenvalue weighted by Gasteiger charge is -2.09. The van der Waals surface area contributed by atoms with Gasteiger partial charge in [-0.05, 0) is 54.1 Å². The Morgan fingerprint density at radius 3 is 2.51 bits per heavy atom. The van der Waals surface area contributed by atoms with Crippen LogP contribution in [0.4, 0.5) is 5.69 Å². The number of furan rings is 1. The molecule has 1 aliphatic rings. The highest BCUT2D eigenvalue weighted by Crippen LogP contribution is 2.33. The second kappa shape index (κ2) is 11.1. The van der Waals surface area contributed by atoms with E-state index >= 15 is 0 Å². The average molecular weight is 524 g/mol. The number of ether oxygens (including phenoxy) is 2. The van der Waals surface area contributed by atoms with Gasteiger partial charge in [0.1, 0.15) is 17.2 Å². The number of hydrazone groups is 1. The van der Waals surface area contributed by atoms with Gasteiger partial charge in [-0.2, -0.15) is 5.10 Å². The number of nitro benzene ring substituents is 1. The van der Waals surface area contributed by atoms with E-state index in [0.717, 1.165) is 0 Å². The first-order chi connectivity index (χ1) is 19.0. The first-order valence-electron chi connectivity index (χ1n) is 11.6. The van der Waals surface area contributed by atoms with E-state index in [1.165, 1.54) is 18.4 Å². The Kier molecular flexibility index (Phi) is 7.13. The van der Waals surface area contributed by atoms with Crippen molar-refractivity contribution in [2.75, 3.05) is 6.79 Å². The van der Waals surface area contributed by atoms with Gasteiger partial charge in [-0.15, -0.1) is 0 Å². The second-order valence-electron chi connectivity index (χ2n) is 8.17. The van der Waals surface area contributed by atoms with Gasteiger partial charge in [0, 0.05) is 11.6 Å². The summed E-state index contributed by atoms with van der Waals surface area (Å²) in [6.07, 6.45) is 2.72. The molecule has 0 unspecified atom stereocenters.